The van der Waals surface area contributed by atoms with Gasteiger partial charge < -0.3 is 14.8 Å². The van der Waals surface area contributed by atoms with E-state index in [0.717, 1.165) is 32.5 Å². The highest BCUT2D eigenvalue weighted by Crippen LogP contribution is 2.47. The van der Waals surface area contributed by atoms with Gasteiger partial charge in [0.25, 0.3) is 0 Å². The molecule has 2 saturated heterocycles. The molecule has 1 N–H and O–H groups in total. The summed E-state index contributed by atoms with van der Waals surface area (Å²) in [5, 5.41) is 3.68. The van der Waals surface area contributed by atoms with Crippen molar-refractivity contribution in [3.63, 3.8) is 0 Å². The van der Waals surface area contributed by atoms with E-state index >= 15 is 0 Å². The molecule has 1 spiro atoms. The third-order valence-corrected chi connectivity index (χ3v) is 5.70. The minimum Gasteiger partial charge on any atom is -0.347 e. The molecule has 22 heavy (non-hydrogen) atoms. The van der Waals surface area contributed by atoms with Crippen molar-refractivity contribution in [3.8, 4) is 0 Å². The van der Waals surface area contributed by atoms with Gasteiger partial charge in [0.2, 0.25) is 0 Å². The minimum atomic E-state index is -0.344. The average molecular weight is 301 g/mol. The van der Waals surface area contributed by atoms with E-state index in [1.807, 2.05) is 0 Å². The third kappa shape index (κ3) is 2.70. The highest BCUT2D eigenvalue weighted by Gasteiger charge is 2.47. The highest BCUT2D eigenvalue weighted by atomic mass is 16.7. The molecule has 1 aromatic carbocycles. The number of piperidine rings is 1. The Morgan fingerprint density at radius 3 is 2.77 bits per heavy atom. The quantitative estimate of drug-likeness (QED) is 0.928. The largest absolute Gasteiger partial charge is 0.347 e. The lowest BCUT2D eigenvalue weighted by Crippen LogP contribution is -2.43. The Morgan fingerprint density at radius 1 is 1.09 bits per heavy atom. The summed E-state index contributed by atoms with van der Waals surface area (Å²) in [5.74, 6) is 0.0481. The van der Waals surface area contributed by atoms with E-state index in [4.69, 9.17) is 9.47 Å². The van der Waals surface area contributed by atoms with Crippen LogP contribution < -0.4 is 5.32 Å². The van der Waals surface area contributed by atoms with E-state index < -0.39 is 0 Å². The first-order chi connectivity index (χ1) is 10.9. The van der Waals surface area contributed by atoms with Crippen molar-refractivity contribution < 1.29 is 9.47 Å². The Hall–Kier alpha value is -0.900. The molecule has 1 aromatic rings. The second kappa shape index (κ2) is 6.31. The van der Waals surface area contributed by atoms with Gasteiger partial charge in [-0.25, -0.2) is 0 Å². The molecule has 0 aromatic heterocycles. The van der Waals surface area contributed by atoms with Gasteiger partial charge in [0.1, 0.15) is 0 Å². The van der Waals surface area contributed by atoms with Gasteiger partial charge in [0, 0.05) is 18.4 Å². The third-order valence-electron chi connectivity index (χ3n) is 5.70. The summed E-state index contributed by atoms with van der Waals surface area (Å²) in [4.78, 5) is 0. The van der Waals surface area contributed by atoms with Gasteiger partial charge in [-0.15, -0.1) is 0 Å². The van der Waals surface area contributed by atoms with Crippen LogP contribution >= 0.6 is 0 Å². The maximum absolute atomic E-state index is 6.15. The van der Waals surface area contributed by atoms with Gasteiger partial charge in [-0.2, -0.15) is 0 Å². The summed E-state index contributed by atoms with van der Waals surface area (Å²) in [5.41, 5.74) is 2.96. The molecule has 120 valence electrons. The van der Waals surface area contributed by atoms with Crippen LogP contribution in [0, 0.1) is 0 Å². The van der Waals surface area contributed by atoms with Crippen LogP contribution in [0.25, 0.3) is 0 Å². The van der Waals surface area contributed by atoms with E-state index in [9.17, 15) is 0 Å². The second-order valence-corrected chi connectivity index (χ2v) is 6.98. The van der Waals surface area contributed by atoms with Crippen molar-refractivity contribution in [3.05, 3.63) is 35.4 Å². The van der Waals surface area contributed by atoms with Crippen LogP contribution in [-0.4, -0.2) is 31.6 Å². The normalized spacial score (nSPS) is 30.4. The van der Waals surface area contributed by atoms with Crippen LogP contribution in [-0.2, 0) is 15.9 Å². The van der Waals surface area contributed by atoms with Gasteiger partial charge in [0.15, 0.2) is 5.79 Å². The lowest BCUT2D eigenvalue weighted by molar-refractivity contribution is -0.185. The molecule has 2 fully saturated rings. The summed E-state index contributed by atoms with van der Waals surface area (Å²) in [6.07, 6.45) is 8.50. The predicted octanol–water partition coefficient (Wildman–Crippen LogP) is 3.38. The molecule has 2 aliphatic heterocycles. The lowest BCUT2D eigenvalue weighted by atomic mass is 9.75. The van der Waals surface area contributed by atoms with Crippen molar-refractivity contribution in [2.75, 3.05) is 19.8 Å². The molecular formula is C19H27NO2. The summed E-state index contributed by atoms with van der Waals surface area (Å²) in [6, 6.07) is 9.58. The molecule has 0 bridgehead atoms. The summed E-state index contributed by atoms with van der Waals surface area (Å²) in [7, 11) is 0. The Bertz CT molecular complexity index is 504. The Morgan fingerprint density at radius 2 is 1.95 bits per heavy atom. The number of nitrogens with one attached hydrogen (secondary N) is 1. The van der Waals surface area contributed by atoms with Crippen LogP contribution in [0.1, 0.15) is 55.6 Å². The fraction of sp³-hybridized carbons (Fsp3) is 0.684. The first kappa shape index (κ1) is 14.7. The molecule has 2 unspecified atom stereocenters. The molecule has 0 radical (unpaired) electrons. The maximum atomic E-state index is 6.15. The van der Waals surface area contributed by atoms with Gasteiger partial charge >= 0.3 is 0 Å². The fourth-order valence-electron chi connectivity index (χ4n) is 4.55. The zero-order chi connectivity index (χ0) is 14.8. The first-order valence-corrected chi connectivity index (χ1v) is 8.96. The SMILES string of the molecule is c1ccc2c(c1)CCC1(OCCO1)C2CCC1CCCCN1. The van der Waals surface area contributed by atoms with Crippen LogP contribution in [0.5, 0.6) is 0 Å². The molecule has 0 saturated carbocycles. The van der Waals surface area contributed by atoms with Crippen LogP contribution in [0.2, 0.25) is 0 Å². The van der Waals surface area contributed by atoms with Crippen LogP contribution in [0.3, 0.4) is 0 Å². The minimum absolute atomic E-state index is 0.344. The molecule has 3 aliphatic rings. The zero-order valence-electron chi connectivity index (χ0n) is 13.4. The summed E-state index contributed by atoms with van der Waals surface area (Å²) in [6.45, 7) is 2.69. The van der Waals surface area contributed by atoms with Crippen molar-refractivity contribution >= 4 is 0 Å². The topological polar surface area (TPSA) is 30.5 Å². The van der Waals surface area contributed by atoms with Gasteiger partial charge in [-0.3, -0.25) is 0 Å². The number of rotatable bonds is 3. The summed E-state index contributed by atoms with van der Waals surface area (Å²) >= 11 is 0. The maximum Gasteiger partial charge on any atom is 0.175 e. The number of benzene rings is 1. The van der Waals surface area contributed by atoms with E-state index in [-0.39, 0.29) is 5.79 Å². The molecule has 0 amide bonds. The van der Waals surface area contributed by atoms with Crippen molar-refractivity contribution in [2.45, 2.75) is 62.7 Å². The number of hydrogen-bond donors (Lipinski definition) is 1. The van der Waals surface area contributed by atoms with Crippen LogP contribution in [0.15, 0.2) is 24.3 Å². The van der Waals surface area contributed by atoms with Gasteiger partial charge in [-0.1, -0.05) is 30.7 Å². The molecule has 3 heteroatoms. The Kier molecular flexibility index (Phi) is 4.21. The van der Waals surface area contributed by atoms with E-state index in [1.165, 1.54) is 43.4 Å². The van der Waals surface area contributed by atoms with Gasteiger partial charge in [0.05, 0.1) is 13.2 Å². The van der Waals surface area contributed by atoms with Gasteiger partial charge in [-0.05, 0) is 49.8 Å². The zero-order valence-corrected chi connectivity index (χ0v) is 13.4. The lowest BCUT2D eigenvalue weighted by Gasteiger charge is -2.41. The van der Waals surface area contributed by atoms with Crippen molar-refractivity contribution in [2.24, 2.45) is 0 Å². The number of hydrogen-bond acceptors (Lipinski definition) is 3. The molecule has 1 aliphatic carbocycles. The molecule has 3 nitrogen and oxygen atoms in total. The smallest absolute Gasteiger partial charge is 0.175 e. The molecule has 2 atom stereocenters. The number of aryl methyl sites for hydroxylation is 1. The van der Waals surface area contributed by atoms with E-state index in [1.54, 1.807) is 0 Å². The van der Waals surface area contributed by atoms with E-state index in [0.29, 0.717) is 12.0 Å². The van der Waals surface area contributed by atoms with Crippen molar-refractivity contribution in [1.29, 1.82) is 0 Å². The first-order valence-electron chi connectivity index (χ1n) is 8.96. The average Bonchev–Trinajstić information content (AvgIpc) is 3.04. The van der Waals surface area contributed by atoms with Crippen molar-refractivity contribution in [1.82, 2.24) is 5.32 Å². The predicted molar refractivity (Wildman–Crippen MR) is 87.0 cm³/mol. The summed E-state index contributed by atoms with van der Waals surface area (Å²) < 4.78 is 12.3. The van der Waals surface area contributed by atoms with E-state index in [2.05, 4.69) is 29.6 Å². The fourth-order valence-corrected chi connectivity index (χ4v) is 4.55. The monoisotopic (exact) mass is 301 g/mol. The molecule has 4 rings (SSSR count). The molecular weight excluding hydrogens is 274 g/mol. The number of fused-ring (bicyclic) bond motifs is 1. The molecule has 2 heterocycles. The second-order valence-electron chi connectivity index (χ2n) is 6.98. The standard InChI is InChI=1S/C19H27NO2/c1-2-7-17-15(5-1)10-11-19(21-13-14-22-19)18(17)9-8-16-6-3-4-12-20-16/h1-2,5,7,16,18,20H,3-4,6,8-14H2. The Balaban J connectivity index is 1.54. The number of ether oxygens (including phenoxy) is 2. The van der Waals surface area contributed by atoms with Crippen LogP contribution in [0.4, 0.5) is 0 Å². The Labute approximate surface area is 133 Å². The highest BCUT2D eigenvalue weighted by molar-refractivity contribution is 5.35.